The van der Waals surface area contributed by atoms with Crippen molar-refractivity contribution in [1.29, 1.82) is 0 Å². The molecule has 0 amide bonds. The molecule has 0 radical (unpaired) electrons. The van der Waals surface area contributed by atoms with Gasteiger partial charge in [0, 0.05) is 0 Å². The summed E-state index contributed by atoms with van der Waals surface area (Å²) in [6.45, 7) is 3.42. The lowest BCUT2D eigenvalue weighted by Gasteiger charge is -2.09. The Bertz CT molecular complexity index is 653. The maximum atomic E-state index is 5.86. The predicted molar refractivity (Wildman–Crippen MR) is 133 cm³/mol. The third-order valence-electron chi connectivity index (χ3n) is 5.83. The summed E-state index contributed by atoms with van der Waals surface area (Å²) < 4.78 is 11.5. The molecule has 0 spiro atoms. The second kappa shape index (κ2) is 17.7. The summed E-state index contributed by atoms with van der Waals surface area (Å²) in [7, 11) is 0. The molecule has 0 aliphatic heterocycles. The lowest BCUT2D eigenvalue weighted by molar-refractivity contribution is 0.217. The van der Waals surface area contributed by atoms with Crippen molar-refractivity contribution in [3.8, 4) is 11.5 Å². The van der Waals surface area contributed by atoms with Crippen molar-refractivity contribution >= 4 is 0 Å². The lowest BCUT2D eigenvalue weighted by Crippen LogP contribution is -2.09. The summed E-state index contributed by atoms with van der Waals surface area (Å²) in [6.07, 6.45) is 19.4. The molecule has 0 aliphatic carbocycles. The molecule has 0 atom stereocenters. The number of para-hydroxylation sites is 1. The van der Waals surface area contributed by atoms with Gasteiger partial charge in [0.15, 0.2) is 0 Å². The summed E-state index contributed by atoms with van der Waals surface area (Å²) in [5, 5.41) is 0. The minimum atomic E-state index is 0.563. The fraction of sp³-hybridized carbons (Fsp3) is 0.586. The highest BCUT2D eigenvalue weighted by atomic mass is 16.5. The van der Waals surface area contributed by atoms with Crippen LogP contribution in [0.5, 0.6) is 11.5 Å². The van der Waals surface area contributed by atoms with Crippen LogP contribution in [0.1, 0.15) is 96.0 Å². The molecule has 2 aromatic carbocycles. The van der Waals surface area contributed by atoms with E-state index in [0.717, 1.165) is 17.9 Å². The van der Waals surface area contributed by atoms with E-state index in [-0.39, 0.29) is 0 Å². The Kier molecular flexibility index (Phi) is 14.4. The van der Waals surface area contributed by atoms with Crippen molar-refractivity contribution < 1.29 is 9.47 Å². The minimum absolute atomic E-state index is 0.563. The van der Waals surface area contributed by atoms with E-state index >= 15 is 0 Å². The summed E-state index contributed by atoms with van der Waals surface area (Å²) in [5.74, 6) is 1.84. The number of unbranched alkanes of at least 4 members (excludes halogenated alkanes) is 12. The van der Waals surface area contributed by atoms with Crippen LogP contribution >= 0.6 is 0 Å². The van der Waals surface area contributed by atoms with Crippen molar-refractivity contribution in [3.05, 3.63) is 60.2 Å². The highest BCUT2D eigenvalue weighted by Gasteiger charge is 1.99. The second-order valence-corrected chi connectivity index (χ2v) is 8.65. The van der Waals surface area contributed by atoms with Crippen LogP contribution in [0, 0.1) is 0 Å². The largest absolute Gasteiger partial charge is 0.490 e. The van der Waals surface area contributed by atoms with Gasteiger partial charge in [-0.25, -0.2) is 0 Å². The fourth-order valence-electron chi connectivity index (χ4n) is 3.97. The van der Waals surface area contributed by atoms with Gasteiger partial charge in [0.2, 0.25) is 0 Å². The maximum absolute atomic E-state index is 5.86. The third-order valence-corrected chi connectivity index (χ3v) is 5.83. The van der Waals surface area contributed by atoms with Crippen LogP contribution in [0.2, 0.25) is 0 Å². The maximum Gasteiger partial charge on any atom is 0.122 e. The fourth-order valence-corrected chi connectivity index (χ4v) is 3.97. The smallest absolute Gasteiger partial charge is 0.122 e. The van der Waals surface area contributed by atoms with Crippen molar-refractivity contribution in [3.63, 3.8) is 0 Å². The summed E-state index contributed by atoms with van der Waals surface area (Å²) in [5.41, 5.74) is 1.38. The Labute approximate surface area is 191 Å². The standard InChI is InChI=1S/C29H44O2/c1-2-3-4-5-6-7-8-9-10-11-12-13-15-19-27-20-18-23-29(26-27)31-25-24-30-28-21-16-14-17-22-28/h14,16-18,20-23,26H,2-13,15,19,24-25H2,1H3. The predicted octanol–water partition coefficient (Wildman–Crippen LogP) is 8.78. The van der Waals surface area contributed by atoms with E-state index in [9.17, 15) is 0 Å². The summed E-state index contributed by atoms with van der Waals surface area (Å²) in [4.78, 5) is 0. The zero-order valence-corrected chi connectivity index (χ0v) is 19.8. The molecule has 0 aromatic heterocycles. The molecule has 0 saturated heterocycles. The van der Waals surface area contributed by atoms with Crippen LogP contribution in [0.4, 0.5) is 0 Å². The monoisotopic (exact) mass is 424 g/mol. The number of aryl methyl sites for hydroxylation is 1. The molecular formula is C29H44O2. The Hall–Kier alpha value is -1.96. The first-order valence-electron chi connectivity index (χ1n) is 12.8. The molecule has 2 aromatic rings. The van der Waals surface area contributed by atoms with E-state index in [0.29, 0.717) is 13.2 Å². The van der Waals surface area contributed by atoms with E-state index in [1.807, 2.05) is 36.4 Å². The van der Waals surface area contributed by atoms with Crippen LogP contribution in [-0.4, -0.2) is 13.2 Å². The molecule has 2 heteroatoms. The first-order valence-corrected chi connectivity index (χ1v) is 12.8. The first kappa shape index (κ1) is 25.3. The van der Waals surface area contributed by atoms with Crippen LogP contribution < -0.4 is 9.47 Å². The average Bonchev–Trinajstić information content (AvgIpc) is 2.81. The summed E-state index contributed by atoms with van der Waals surface area (Å²) >= 11 is 0. The number of rotatable bonds is 19. The molecule has 31 heavy (non-hydrogen) atoms. The molecular weight excluding hydrogens is 380 g/mol. The topological polar surface area (TPSA) is 18.5 Å². The number of benzene rings is 2. The minimum Gasteiger partial charge on any atom is -0.490 e. The van der Waals surface area contributed by atoms with Gasteiger partial charge in [-0.1, -0.05) is 114 Å². The Morgan fingerprint density at radius 3 is 1.65 bits per heavy atom. The van der Waals surface area contributed by atoms with Crippen molar-refractivity contribution in [1.82, 2.24) is 0 Å². The molecule has 0 heterocycles. The van der Waals surface area contributed by atoms with Gasteiger partial charge in [-0.2, -0.15) is 0 Å². The highest BCUT2D eigenvalue weighted by molar-refractivity contribution is 5.28. The summed E-state index contributed by atoms with van der Waals surface area (Å²) in [6, 6.07) is 18.4. The highest BCUT2D eigenvalue weighted by Crippen LogP contribution is 2.17. The molecule has 0 saturated carbocycles. The number of hydrogen-bond acceptors (Lipinski definition) is 2. The van der Waals surface area contributed by atoms with Gasteiger partial charge in [0.05, 0.1) is 0 Å². The molecule has 0 fully saturated rings. The number of ether oxygens (including phenoxy) is 2. The average molecular weight is 425 g/mol. The second-order valence-electron chi connectivity index (χ2n) is 8.65. The molecule has 172 valence electrons. The zero-order valence-electron chi connectivity index (χ0n) is 19.8. The van der Waals surface area contributed by atoms with Gasteiger partial charge in [-0.05, 0) is 42.7 Å². The van der Waals surface area contributed by atoms with Crippen LogP contribution in [0.3, 0.4) is 0 Å². The van der Waals surface area contributed by atoms with Crippen molar-refractivity contribution in [2.75, 3.05) is 13.2 Å². The van der Waals surface area contributed by atoms with Gasteiger partial charge in [-0.3, -0.25) is 0 Å². The van der Waals surface area contributed by atoms with Gasteiger partial charge < -0.3 is 9.47 Å². The van der Waals surface area contributed by atoms with Gasteiger partial charge in [0.25, 0.3) is 0 Å². The quantitative estimate of drug-likeness (QED) is 0.210. The van der Waals surface area contributed by atoms with Crippen LogP contribution in [0.15, 0.2) is 54.6 Å². The zero-order chi connectivity index (χ0) is 21.8. The van der Waals surface area contributed by atoms with Crippen molar-refractivity contribution in [2.45, 2.75) is 96.8 Å². The molecule has 2 rings (SSSR count). The van der Waals surface area contributed by atoms with E-state index in [1.54, 1.807) is 0 Å². The van der Waals surface area contributed by atoms with Crippen molar-refractivity contribution in [2.24, 2.45) is 0 Å². The molecule has 0 bridgehead atoms. The Morgan fingerprint density at radius 1 is 0.516 bits per heavy atom. The molecule has 0 aliphatic rings. The van der Waals surface area contributed by atoms with E-state index < -0.39 is 0 Å². The Balaban J connectivity index is 1.44. The lowest BCUT2D eigenvalue weighted by atomic mass is 10.0. The van der Waals surface area contributed by atoms with Crippen LogP contribution in [0.25, 0.3) is 0 Å². The van der Waals surface area contributed by atoms with Gasteiger partial charge >= 0.3 is 0 Å². The van der Waals surface area contributed by atoms with Crippen LogP contribution in [-0.2, 0) is 6.42 Å². The van der Waals surface area contributed by atoms with E-state index in [4.69, 9.17) is 9.47 Å². The SMILES string of the molecule is CCCCCCCCCCCCCCCc1cccc(OCCOc2ccccc2)c1. The van der Waals surface area contributed by atoms with E-state index in [2.05, 4.69) is 25.1 Å². The molecule has 2 nitrogen and oxygen atoms in total. The normalized spacial score (nSPS) is 10.9. The van der Waals surface area contributed by atoms with Gasteiger partial charge in [0.1, 0.15) is 24.7 Å². The molecule has 0 N–H and O–H groups in total. The van der Waals surface area contributed by atoms with E-state index in [1.165, 1.54) is 89.0 Å². The number of hydrogen-bond donors (Lipinski definition) is 0. The first-order chi connectivity index (χ1) is 15.4. The van der Waals surface area contributed by atoms with Gasteiger partial charge in [-0.15, -0.1) is 0 Å². The molecule has 0 unspecified atom stereocenters. The third kappa shape index (κ3) is 13.1. The Morgan fingerprint density at radius 2 is 1.03 bits per heavy atom.